The molecule has 0 saturated heterocycles. The molecule has 1 amide bonds. The Morgan fingerprint density at radius 3 is 2.91 bits per heavy atom. The smallest absolute Gasteiger partial charge is 0.274 e. The lowest BCUT2D eigenvalue weighted by Gasteiger charge is -2.09. The monoisotopic (exact) mass is 450 g/mol. The van der Waals surface area contributed by atoms with Gasteiger partial charge in [0.15, 0.2) is 5.13 Å². The summed E-state index contributed by atoms with van der Waals surface area (Å²) in [6.45, 7) is 6.55. The fourth-order valence-electron chi connectivity index (χ4n) is 3.17. The Labute approximate surface area is 189 Å². The maximum atomic E-state index is 13.4. The number of thiazole rings is 1. The van der Waals surface area contributed by atoms with Gasteiger partial charge in [-0.3, -0.25) is 14.8 Å². The van der Waals surface area contributed by atoms with Crippen LogP contribution in [0.15, 0.2) is 48.2 Å². The molecular weight excluding hydrogens is 427 g/mol. The molecule has 0 aliphatic rings. The Balaban J connectivity index is 1.43. The van der Waals surface area contributed by atoms with E-state index in [0.717, 1.165) is 22.5 Å². The summed E-state index contributed by atoms with van der Waals surface area (Å²) in [7, 11) is 0. The lowest BCUT2D eigenvalue weighted by molar-refractivity contribution is 0.101. The average Bonchev–Trinajstić information content (AvgIpc) is 3.47. The van der Waals surface area contributed by atoms with Crippen molar-refractivity contribution in [1.82, 2.24) is 24.3 Å². The molecule has 4 heterocycles. The zero-order valence-corrected chi connectivity index (χ0v) is 18.8. The van der Waals surface area contributed by atoms with E-state index in [4.69, 9.17) is 0 Å². The molecule has 4 rings (SSSR count). The molecular formula is C23H23FN6OS. The number of hydrogen-bond acceptors (Lipinski definition) is 5. The molecule has 0 aliphatic carbocycles. The molecule has 9 heteroatoms. The van der Waals surface area contributed by atoms with Gasteiger partial charge in [-0.15, -0.1) is 11.3 Å². The Morgan fingerprint density at radius 2 is 2.16 bits per heavy atom. The van der Waals surface area contributed by atoms with Crippen molar-refractivity contribution in [2.45, 2.75) is 33.4 Å². The second kappa shape index (κ2) is 9.27. The van der Waals surface area contributed by atoms with Crippen LogP contribution >= 0.6 is 11.3 Å². The number of rotatable bonds is 7. The highest BCUT2D eigenvalue weighted by Gasteiger charge is 2.13. The summed E-state index contributed by atoms with van der Waals surface area (Å²) in [6.07, 6.45) is 9.02. The molecule has 0 aliphatic heterocycles. The standard InChI is InChI=1S/C23H23FN6OS/c1-15(2)30-12-16(3)19(28-30)7-6-18-14-32-23(26-18)27-22(31)20-5-4-10-29(20)13-17-8-9-25-21(24)11-17/h4-12,14-15H,13H2,1-3H3,(H,26,27,31)/b7-6+. The third-order valence-corrected chi connectivity index (χ3v) is 5.62. The SMILES string of the molecule is Cc1cn(C(C)C)nc1/C=C/c1csc(NC(=O)c2cccn2Cc2ccnc(F)c2)n1. The normalized spacial score (nSPS) is 11.5. The van der Waals surface area contributed by atoms with Crippen molar-refractivity contribution in [3.63, 3.8) is 0 Å². The van der Waals surface area contributed by atoms with Crippen LogP contribution in [0.2, 0.25) is 0 Å². The van der Waals surface area contributed by atoms with Crippen LogP contribution in [0.1, 0.15) is 52.9 Å². The fourth-order valence-corrected chi connectivity index (χ4v) is 3.84. The number of carbonyl (C=O) groups is 1. The molecule has 0 aromatic carbocycles. The number of anilines is 1. The minimum atomic E-state index is -0.546. The average molecular weight is 451 g/mol. The van der Waals surface area contributed by atoms with Gasteiger partial charge in [-0.25, -0.2) is 9.97 Å². The molecule has 0 radical (unpaired) electrons. The van der Waals surface area contributed by atoms with Crippen LogP contribution in [0.25, 0.3) is 12.2 Å². The molecule has 164 valence electrons. The Morgan fingerprint density at radius 1 is 1.31 bits per heavy atom. The van der Waals surface area contributed by atoms with E-state index in [-0.39, 0.29) is 5.91 Å². The predicted octanol–water partition coefficient (Wildman–Crippen LogP) is 5.04. The summed E-state index contributed by atoms with van der Waals surface area (Å²) in [5.41, 5.74) is 3.91. The molecule has 32 heavy (non-hydrogen) atoms. The summed E-state index contributed by atoms with van der Waals surface area (Å²) >= 11 is 1.35. The molecule has 0 unspecified atom stereocenters. The Hall–Kier alpha value is -3.59. The molecule has 7 nitrogen and oxygen atoms in total. The van der Waals surface area contributed by atoms with Gasteiger partial charge in [-0.05, 0) is 68.3 Å². The van der Waals surface area contributed by atoms with Crippen molar-refractivity contribution in [1.29, 1.82) is 0 Å². The number of carbonyl (C=O) groups excluding carboxylic acids is 1. The van der Waals surface area contributed by atoms with Gasteiger partial charge in [-0.2, -0.15) is 9.49 Å². The third-order valence-electron chi connectivity index (χ3n) is 4.84. The molecule has 1 N–H and O–H groups in total. The first-order chi connectivity index (χ1) is 15.4. The van der Waals surface area contributed by atoms with Gasteiger partial charge in [0, 0.05) is 36.6 Å². The highest BCUT2D eigenvalue weighted by Crippen LogP contribution is 2.20. The van der Waals surface area contributed by atoms with E-state index in [9.17, 15) is 9.18 Å². The summed E-state index contributed by atoms with van der Waals surface area (Å²) in [4.78, 5) is 20.8. The van der Waals surface area contributed by atoms with Crippen LogP contribution in [0.3, 0.4) is 0 Å². The maximum Gasteiger partial charge on any atom is 0.274 e. The molecule has 0 spiro atoms. The van der Waals surface area contributed by atoms with E-state index in [1.165, 1.54) is 23.6 Å². The Bertz CT molecular complexity index is 1270. The van der Waals surface area contributed by atoms with Gasteiger partial charge in [0.1, 0.15) is 5.69 Å². The second-order valence-corrected chi connectivity index (χ2v) is 8.50. The first kappa shape index (κ1) is 21.6. The topological polar surface area (TPSA) is 77.6 Å². The summed E-state index contributed by atoms with van der Waals surface area (Å²) in [5, 5.41) is 9.78. The number of halogens is 1. The molecule has 0 saturated carbocycles. The predicted molar refractivity (Wildman–Crippen MR) is 124 cm³/mol. The lowest BCUT2D eigenvalue weighted by atomic mass is 10.2. The van der Waals surface area contributed by atoms with E-state index in [2.05, 4.69) is 34.2 Å². The van der Waals surface area contributed by atoms with Gasteiger partial charge in [-0.1, -0.05) is 0 Å². The summed E-state index contributed by atoms with van der Waals surface area (Å²) in [5.74, 6) is -0.823. The van der Waals surface area contributed by atoms with Crippen LogP contribution in [0, 0.1) is 12.9 Å². The number of nitrogens with zero attached hydrogens (tertiary/aromatic N) is 5. The van der Waals surface area contributed by atoms with Crippen molar-refractivity contribution in [3.05, 3.63) is 82.4 Å². The molecule has 0 fully saturated rings. The van der Waals surface area contributed by atoms with Crippen LogP contribution in [0.4, 0.5) is 9.52 Å². The molecule has 4 aromatic rings. The number of aromatic nitrogens is 5. The van der Waals surface area contributed by atoms with Gasteiger partial charge in [0.2, 0.25) is 5.95 Å². The highest BCUT2D eigenvalue weighted by atomic mass is 32.1. The van der Waals surface area contributed by atoms with Crippen molar-refractivity contribution in [2.24, 2.45) is 0 Å². The van der Waals surface area contributed by atoms with E-state index >= 15 is 0 Å². The van der Waals surface area contributed by atoms with E-state index < -0.39 is 5.95 Å². The van der Waals surface area contributed by atoms with Gasteiger partial charge >= 0.3 is 0 Å². The zero-order chi connectivity index (χ0) is 22.7. The first-order valence-corrected chi connectivity index (χ1v) is 11.0. The minimum Gasteiger partial charge on any atom is -0.339 e. The minimum absolute atomic E-state index is 0.277. The number of hydrogen-bond donors (Lipinski definition) is 1. The van der Waals surface area contributed by atoms with E-state index in [0.29, 0.717) is 23.4 Å². The van der Waals surface area contributed by atoms with Crippen molar-refractivity contribution < 1.29 is 9.18 Å². The number of nitrogens with one attached hydrogen (secondary N) is 1. The molecule has 4 aromatic heterocycles. The number of amides is 1. The van der Waals surface area contributed by atoms with Crippen molar-refractivity contribution >= 4 is 34.5 Å². The van der Waals surface area contributed by atoms with E-state index in [1.807, 2.05) is 35.3 Å². The van der Waals surface area contributed by atoms with Crippen molar-refractivity contribution in [2.75, 3.05) is 5.32 Å². The van der Waals surface area contributed by atoms with Crippen LogP contribution < -0.4 is 5.32 Å². The fraction of sp³-hybridized carbons (Fsp3) is 0.217. The number of pyridine rings is 1. The molecule has 0 atom stereocenters. The maximum absolute atomic E-state index is 13.4. The van der Waals surface area contributed by atoms with E-state index in [1.54, 1.807) is 29.0 Å². The van der Waals surface area contributed by atoms with Crippen LogP contribution in [0.5, 0.6) is 0 Å². The third kappa shape index (κ3) is 5.00. The lowest BCUT2D eigenvalue weighted by Crippen LogP contribution is -2.17. The largest absolute Gasteiger partial charge is 0.339 e. The summed E-state index contributed by atoms with van der Waals surface area (Å²) in [6, 6.07) is 6.87. The van der Waals surface area contributed by atoms with Crippen molar-refractivity contribution in [3.8, 4) is 0 Å². The summed E-state index contributed by atoms with van der Waals surface area (Å²) < 4.78 is 17.0. The highest BCUT2D eigenvalue weighted by molar-refractivity contribution is 7.14. The first-order valence-electron chi connectivity index (χ1n) is 10.2. The van der Waals surface area contributed by atoms with Gasteiger partial charge < -0.3 is 4.57 Å². The molecule has 0 bridgehead atoms. The van der Waals surface area contributed by atoms with Gasteiger partial charge in [0.25, 0.3) is 5.91 Å². The van der Waals surface area contributed by atoms with Gasteiger partial charge in [0.05, 0.1) is 11.4 Å². The Kier molecular flexibility index (Phi) is 6.27. The van der Waals surface area contributed by atoms with Crippen LogP contribution in [-0.2, 0) is 6.54 Å². The zero-order valence-electron chi connectivity index (χ0n) is 18.0. The van der Waals surface area contributed by atoms with Crippen LogP contribution in [-0.4, -0.2) is 30.2 Å². The number of aryl methyl sites for hydroxylation is 1. The quantitative estimate of drug-likeness (QED) is 0.400. The second-order valence-electron chi connectivity index (χ2n) is 7.64.